The van der Waals surface area contributed by atoms with Crippen LogP contribution in [0.2, 0.25) is 0 Å². The Balaban J connectivity index is 1.59. The molecule has 30 heavy (non-hydrogen) atoms. The summed E-state index contributed by atoms with van der Waals surface area (Å²) in [5.41, 5.74) is 3.67. The SMILES string of the molecule is CCOc1ccc(S(=O)(=O)N2CCN(c3ccc(C)c(C)c3)CC2)c2ccccc12. The third-order valence-electron chi connectivity index (χ3n) is 5.86. The Bertz CT molecular complexity index is 1170. The van der Waals surface area contributed by atoms with Gasteiger partial charge < -0.3 is 9.64 Å². The van der Waals surface area contributed by atoms with Gasteiger partial charge in [-0.1, -0.05) is 30.3 Å². The summed E-state index contributed by atoms with van der Waals surface area (Å²) in [5, 5.41) is 1.54. The van der Waals surface area contributed by atoms with Gasteiger partial charge >= 0.3 is 0 Å². The van der Waals surface area contributed by atoms with E-state index in [2.05, 4.69) is 36.9 Å². The van der Waals surface area contributed by atoms with Crippen LogP contribution in [-0.4, -0.2) is 45.5 Å². The van der Waals surface area contributed by atoms with Gasteiger partial charge in [-0.05, 0) is 56.2 Å². The van der Waals surface area contributed by atoms with Crippen LogP contribution in [0.15, 0.2) is 59.5 Å². The fraction of sp³-hybridized carbons (Fsp3) is 0.333. The number of nitrogens with zero attached hydrogens (tertiary/aromatic N) is 2. The number of rotatable bonds is 5. The number of hydrogen-bond donors (Lipinski definition) is 0. The summed E-state index contributed by atoms with van der Waals surface area (Å²) >= 11 is 0. The Morgan fingerprint density at radius 1 is 0.867 bits per heavy atom. The molecule has 0 bridgehead atoms. The van der Waals surface area contributed by atoms with E-state index in [9.17, 15) is 8.42 Å². The quantitative estimate of drug-likeness (QED) is 0.610. The fourth-order valence-corrected chi connectivity index (χ4v) is 5.62. The molecule has 4 rings (SSSR count). The first-order valence-electron chi connectivity index (χ1n) is 10.4. The second-order valence-corrected chi connectivity index (χ2v) is 9.61. The number of sulfonamides is 1. The van der Waals surface area contributed by atoms with Gasteiger partial charge in [0.25, 0.3) is 0 Å². The van der Waals surface area contributed by atoms with Gasteiger partial charge in [-0.2, -0.15) is 4.31 Å². The van der Waals surface area contributed by atoms with Crippen molar-refractivity contribution < 1.29 is 13.2 Å². The summed E-state index contributed by atoms with van der Waals surface area (Å²) in [6.45, 7) is 8.97. The number of anilines is 1. The van der Waals surface area contributed by atoms with E-state index in [1.807, 2.05) is 31.2 Å². The summed E-state index contributed by atoms with van der Waals surface area (Å²) in [6.07, 6.45) is 0. The Kier molecular flexibility index (Phi) is 5.71. The lowest BCUT2D eigenvalue weighted by molar-refractivity contribution is 0.344. The molecular formula is C24H28N2O3S. The van der Waals surface area contributed by atoms with Crippen molar-refractivity contribution in [2.75, 3.05) is 37.7 Å². The Morgan fingerprint density at radius 2 is 1.57 bits per heavy atom. The van der Waals surface area contributed by atoms with E-state index in [1.54, 1.807) is 16.4 Å². The van der Waals surface area contributed by atoms with Gasteiger partial charge in [0.2, 0.25) is 10.0 Å². The molecule has 0 atom stereocenters. The highest BCUT2D eigenvalue weighted by Crippen LogP contribution is 2.33. The molecule has 3 aromatic rings. The fourth-order valence-electron chi connectivity index (χ4n) is 4.00. The molecule has 0 unspecified atom stereocenters. The Morgan fingerprint density at radius 3 is 2.23 bits per heavy atom. The molecule has 1 saturated heterocycles. The van der Waals surface area contributed by atoms with Crippen molar-refractivity contribution in [1.82, 2.24) is 4.31 Å². The molecule has 0 aromatic heterocycles. The number of hydrogen-bond acceptors (Lipinski definition) is 4. The maximum atomic E-state index is 13.5. The second-order valence-electron chi connectivity index (χ2n) is 7.70. The van der Waals surface area contributed by atoms with Crippen LogP contribution < -0.4 is 9.64 Å². The van der Waals surface area contributed by atoms with E-state index in [0.29, 0.717) is 48.8 Å². The highest BCUT2D eigenvalue weighted by molar-refractivity contribution is 7.89. The van der Waals surface area contributed by atoms with Crippen molar-refractivity contribution in [3.8, 4) is 5.75 Å². The van der Waals surface area contributed by atoms with Gasteiger partial charge in [0.15, 0.2) is 0 Å². The highest BCUT2D eigenvalue weighted by atomic mass is 32.2. The van der Waals surface area contributed by atoms with E-state index < -0.39 is 10.0 Å². The molecule has 0 radical (unpaired) electrons. The average Bonchev–Trinajstić information content (AvgIpc) is 2.76. The first-order chi connectivity index (χ1) is 14.4. The molecule has 0 amide bonds. The van der Waals surface area contributed by atoms with Crippen LogP contribution in [0, 0.1) is 13.8 Å². The van der Waals surface area contributed by atoms with Crippen LogP contribution >= 0.6 is 0 Å². The van der Waals surface area contributed by atoms with Crippen LogP contribution in [0.3, 0.4) is 0 Å². The zero-order valence-electron chi connectivity index (χ0n) is 17.8. The second kappa shape index (κ2) is 8.28. The van der Waals surface area contributed by atoms with E-state index in [1.165, 1.54) is 11.1 Å². The summed E-state index contributed by atoms with van der Waals surface area (Å²) in [7, 11) is -3.59. The van der Waals surface area contributed by atoms with Gasteiger partial charge in [0.1, 0.15) is 5.75 Å². The Labute approximate surface area is 178 Å². The number of fused-ring (bicyclic) bond motifs is 1. The average molecular weight is 425 g/mol. The van der Waals surface area contributed by atoms with Gasteiger partial charge in [-0.15, -0.1) is 0 Å². The van der Waals surface area contributed by atoms with Crippen LogP contribution in [0.1, 0.15) is 18.1 Å². The van der Waals surface area contributed by atoms with Crippen LogP contribution in [0.25, 0.3) is 10.8 Å². The minimum Gasteiger partial charge on any atom is -0.493 e. The highest BCUT2D eigenvalue weighted by Gasteiger charge is 2.30. The molecule has 1 fully saturated rings. The predicted molar refractivity (Wildman–Crippen MR) is 122 cm³/mol. The zero-order chi connectivity index (χ0) is 21.3. The van der Waals surface area contributed by atoms with Crippen LogP contribution in [-0.2, 0) is 10.0 Å². The molecule has 3 aromatic carbocycles. The lowest BCUT2D eigenvalue weighted by Crippen LogP contribution is -2.48. The lowest BCUT2D eigenvalue weighted by Gasteiger charge is -2.35. The molecule has 0 spiro atoms. The largest absolute Gasteiger partial charge is 0.493 e. The minimum absolute atomic E-state index is 0.348. The molecule has 0 N–H and O–H groups in total. The zero-order valence-corrected chi connectivity index (χ0v) is 18.6. The van der Waals surface area contributed by atoms with Crippen molar-refractivity contribution >= 4 is 26.5 Å². The molecule has 0 saturated carbocycles. The molecule has 158 valence electrons. The minimum atomic E-state index is -3.59. The maximum absolute atomic E-state index is 13.5. The normalized spacial score (nSPS) is 15.5. The molecule has 5 nitrogen and oxygen atoms in total. The van der Waals surface area contributed by atoms with E-state index in [-0.39, 0.29) is 0 Å². The third-order valence-corrected chi connectivity index (χ3v) is 7.81. The molecule has 1 aliphatic rings. The van der Waals surface area contributed by atoms with Crippen molar-refractivity contribution in [3.63, 3.8) is 0 Å². The smallest absolute Gasteiger partial charge is 0.243 e. The number of benzene rings is 3. The first-order valence-corrected chi connectivity index (χ1v) is 11.8. The van der Waals surface area contributed by atoms with Crippen molar-refractivity contribution in [2.24, 2.45) is 0 Å². The summed E-state index contributed by atoms with van der Waals surface area (Å²) < 4.78 is 34.3. The standard InChI is InChI=1S/C24H28N2O3S/c1-4-29-23-11-12-24(22-8-6-5-7-21(22)23)30(27,28)26-15-13-25(14-16-26)20-10-9-18(2)19(3)17-20/h5-12,17H,4,13-16H2,1-3H3. The van der Waals surface area contributed by atoms with Crippen molar-refractivity contribution in [3.05, 3.63) is 65.7 Å². The topological polar surface area (TPSA) is 49.9 Å². The van der Waals surface area contributed by atoms with Gasteiger partial charge in [-0.3, -0.25) is 0 Å². The number of ether oxygens (including phenoxy) is 1. The summed E-state index contributed by atoms with van der Waals surface area (Å²) in [4.78, 5) is 2.61. The Hall–Kier alpha value is -2.57. The van der Waals surface area contributed by atoms with E-state index in [0.717, 1.165) is 11.1 Å². The van der Waals surface area contributed by atoms with Gasteiger partial charge in [0, 0.05) is 42.6 Å². The maximum Gasteiger partial charge on any atom is 0.243 e. The monoisotopic (exact) mass is 424 g/mol. The molecule has 1 aliphatic heterocycles. The molecule has 6 heteroatoms. The summed E-state index contributed by atoms with van der Waals surface area (Å²) in [5.74, 6) is 0.714. The number of aryl methyl sites for hydroxylation is 2. The first kappa shape index (κ1) is 20.7. The number of piperazine rings is 1. The van der Waals surface area contributed by atoms with E-state index >= 15 is 0 Å². The third kappa shape index (κ3) is 3.77. The van der Waals surface area contributed by atoms with E-state index in [4.69, 9.17) is 4.74 Å². The predicted octanol–water partition coefficient (Wildman–Crippen LogP) is 4.37. The lowest BCUT2D eigenvalue weighted by atomic mass is 10.1. The molecular weight excluding hydrogens is 396 g/mol. The van der Waals surface area contributed by atoms with Crippen LogP contribution in [0.5, 0.6) is 5.75 Å². The van der Waals surface area contributed by atoms with Crippen molar-refractivity contribution in [1.29, 1.82) is 0 Å². The summed E-state index contributed by atoms with van der Waals surface area (Å²) in [6, 6.07) is 17.4. The molecule has 1 heterocycles. The van der Waals surface area contributed by atoms with Crippen LogP contribution in [0.4, 0.5) is 5.69 Å². The van der Waals surface area contributed by atoms with Gasteiger partial charge in [0.05, 0.1) is 11.5 Å². The van der Waals surface area contributed by atoms with Gasteiger partial charge in [-0.25, -0.2) is 8.42 Å². The molecule has 0 aliphatic carbocycles. The van der Waals surface area contributed by atoms with Crippen molar-refractivity contribution in [2.45, 2.75) is 25.7 Å².